The molecule has 1 rings (SSSR count). The molecule has 84 valence electrons. The molecule has 0 aromatic carbocycles. The van der Waals surface area contributed by atoms with E-state index >= 15 is 0 Å². The summed E-state index contributed by atoms with van der Waals surface area (Å²) >= 11 is 0. The molecule has 15 heavy (non-hydrogen) atoms. The van der Waals surface area contributed by atoms with Crippen LogP contribution in [-0.4, -0.2) is 32.1 Å². The molecule has 0 aliphatic heterocycles. The van der Waals surface area contributed by atoms with Crippen LogP contribution in [0.1, 0.15) is 0 Å². The molecule has 6 N–H and O–H groups in total. The third-order valence-electron chi connectivity index (χ3n) is 1.61. The minimum absolute atomic E-state index is 0. The molecule has 0 spiro atoms. The van der Waals surface area contributed by atoms with Crippen LogP contribution in [0.3, 0.4) is 0 Å². The number of nitrogens with one attached hydrogen (secondary N) is 1. The van der Waals surface area contributed by atoms with Crippen molar-refractivity contribution in [3.63, 3.8) is 0 Å². The van der Waals surface area contributed by atoms with E-state index in [1.54, 1.807) is 0 Å². The first-order valence-corrected chi connectivity index (χ1v) is 3.79. The number of hydrogen-bond donors (Lipinski definition) is 3. The normalized spacial score (nSPS) is 11.5. The van der Waals surface area contributed by atoms with Gasteiger partial charge >= 0.3 is 11.7 Å². The predicted octanol–water partition coefficient (Wildman–Crippen LogP) is -2.88. The van der Waals surface area contributed by atoms with Gasteiger partial charge in [-0.15, -0.1) is 0 Å². The van der Waals surface area contributed by atoms with Crippen LogP contribution in [0.5, 0.6) is 0 Å². The van der Waals surface area contributed by atoms with E-state index in [1.807, 2.05) is 4.98 Å². The quantitative estimate of drug-likeness (QED) is 0.497. The largest absolute Gasteiger partial charge is 0.480 e. The summed E-state index contributed by atoms with van der Waals surface area (Å²) < 4.78 is 1.03. The van der Waals surface area contributed by atoms with Gasteiger partial charge in [-0.2, -0.15) is 0 Å². The Balaban J connectivity index is 0.00000196. The highest BCUT2D eigenvalue weighted by molar-refractivity contribution is 5.72. The summed E-state index contributed by atoms with van der Waals surface area (Å²) in [6.07, 6.45) is 1.20. The Kier molecular flexibility index (Phi) is 4.42. The van der Waals surface area contributed by atoms with Gasteiger partial charge in [0.05, 0.1) is 6.54 Å². The van der Waals surface area contributed by atoms with E-state index in [-0.39, 0.29) is 12.0 Å². The van der Waals surface area contributed by atoms with E-state index in [0.29, 0.717) is 0 Å². The molecule has 1 atom stereocenters. The van der Waals surface area contributed by atoms with E-state index in [2.05, 4.69) is 0 Å². The van der Waals surface area contributed by atoms with Crippen LogP contribution in [0.2, 0.25) is 0 Å². The number of aromatic amines is 1. The van der Waals surface area contributed by atoms with Crippen LogP contribution < -0.4 is 17.0 Å². The number of aliphatic carboxylic acids is 1. The number of rotatable bonds is 3. The Hall–Kier alpha value is -1.93. The lowest BCUT2D eigenvalue weighted by molar-refractivity contribution is -0.138. The molecule has 0 bridgehead atoms. The summed E-state index contributed by atoms with van der Waals surface area (Å²) in [4.78, 5) is 34.1. The molecular weight excluding hydrogens is 206 g/mol. The summed E-state index contributed by atoms with van der Waals surface area (Å²) in [7, 11) is 0. The maximum Gasteiger partial charge on any atom is 0.328 e. The average molecular weight is 217 g/mol. The number of H-pyrrole nitrogens is 1. The first kappa shape index (κ1) is 13.1. The van der Waals surface area contributed by atoms with Gasteiger partial charge in [0, 0.05) is 12.3 Å². The SMILES string of the molecule is N[C@@H](Cn1ccc(=O)[nH]c1=O)C(=O)O.O. The number of carbonyl (C=O) groups is 1. The second-order valence-corrected chi connectivity index (χ2v) is 2.71. The van der Waals surface area contributed by atoms with Crippen molar-refractivity contribution in [3.05, 3.63) is 33.1 Å². The molecule has 0 saturated carbocycles. The van der Waals surface area contributed by atoms with Crippen LogP contribution in [-0.2, 0) is 11.3 Å². The van der Waals surface area contributed by atoms with Gasteiger partial charge in [-0.1, -0.05) is 0 Å². The van der Waals surface area contributed by atoms with E-state index in [1.165, 1.54) is 6.20 Å². The molecule has 0 aliphatic rings. The van der Waals surface area contributed by atoms with Crippen LogP contribution in [0.25, 0.3) is 0 Å². The van der Waals surface area contributed by atoms with E-state index in [4.69, 9.17) is 10.8 Å². The van der Waals surface area contributed by atoms with Crippen LogP contribution >= 0.6 is 0 Å². The van der Waals surface area contributed by atoms with Gasteiger partial charge in [0.1, 0.15) is 6.04 Å². The zero-order valence-electron chi connectivity index (χ0n) is 7.64. The van der Waals surface area contributed by atoms with Gasteiger partial charge in [0.2, 0.25) is 0 Å². The van der Waals surface area contributed by atoms with Gasteiger partial charge < -0.3 is 16.3 Å². The first-order chi connectivity index (χ1) is 6.50. The van der Waals surface area contributed by atoms with Gasteiger partial charge in [-0.25, -0.2) is 4.79 Å². The zero-order chi connectivity index (χ0) is 10.7. The Bertz CT molecular complexity index is 448. The number of carboxylic acid groups (broad SMARTS) is 1. The maximum absolute atomic E-state index is 11.1. The summed E-state index contributed by atoms with van der Waals surface area (Å²) in [5.41, 5.74) is 4.00. The number of carboxylic acids is 1. The van der Waals surface area contributed by atoms with Gasteiger partial charge in [-0.05, 0) is 0 Å². The van der Waals surface area contributed by atoms with Crippen LogP contribution in [0.4, 0.5) is 0 Å². The van der Waals surface area contributed by atoms with E-state index < -0.39 is 23.3 Å². The van der Waals surface area contributed by atoms with E-state index in [0.717, 1.165) is 10.6 Å². The lowest BCUT2D eigenvalue weighted by Crippen LogP contribution is -2.39. The Morgan fingerprint density at radius 2 is 2.20 bits per heavy atom. The smallest absolute Gasteiger partial charge is 0.328 e. The van der Waals surface area contributed by atoms with Crippen molar-refractivity contribution in [1.82, 2.24) is 9.55 Å². The van der Waals surface area contributed by atoms with Crippen molar-refractivity contribution < 1.29 is 15.4 Å². The molecule has 0 radical (unpaired) electrons. The number of aromatic nitrogens is 2. The lowest BCUT2D eigenvalue weighted by Gasteiger charge is -2.07. The fourth-order valence-electron chi connectivity index (χ4n) is 0.878. The minimum Gasteiger partial charge on any atom is -0.480 e. The number of nitrogens with two attached hydrogens (primary N) is 1. The highest BCUT2D eigenvalue weighted by atomic mass is 16.4. The van der Waals surface area contributed by atoms with Crippen LogP contribution in [0, 0.1) is 0 Å². The van der Waals surface area contributed by atoms with Crippen LogP contribution in [0.15, 0.2) is 21.9 Å². The molecule has 8 nitrogen and oxygen atoms in total. The molecule has 0 amide bonds. The summed E-state index contributed by atoms with van der Waals surface area (Å²) in [5.74, 6) is -1.21. The van der Waals surface area contributed by atoms with Crippen molar-refractivity contribution in [2.24, 2.45) is 5.73 Å². The molecular formula is C7H11N3O5. The topological polar surface area (TPSA) is 150 Å². The first-order valence-electron chi connectivity index (χ1n) is 3.79. The van der Waals surface area contributed by atoms with Gasteiger partial charge in [0.25, 0.3) is 5.56 Å². The Labute approximate surface area is 83.3 Å². The number of hydrogen-bond acceptors (Lipinski definition) is 4. The van der Waals surface area contributed by atoms with Gasteiger partial charge in [-0.3, -0.25) is 19.1 Å². The second kappa shape index (κ2) is 5.08. The maximum atomic E-state index is 11.1. The highest BCUT2D eigenvalue weighted by Crippen LogP contribution is 1.83. The molecule has 0 fully saturated rings. The zero-order valence-corrected chi connectivity index (χ0v) is 7.64. The molecule has 0 unspecified atom stereocenters. The highest BCUT2D eigenvalue weighted by Gasteiger charge is 2.12. The Morgan fingerprint density at radius 3 is 2.67 bits per heavy atom. The monoisotopic (exact) mass is 217 g/mol. The molecule has 0 saturated heterocycles. The molecule has 1 heterocycles. The summed E-state index contributed by atoms with van der Waals surface area (Å²) in [5, 5.41) is 8.48. The second-order valence-electron chi connectivity index (χ2n) is 2.71. The standard InChI is InChI=1S/C7H9N3O4.H2O/c8-4(6(12)13)3-10-2-1-5(11)9-7(10)14;/h1-2,4H,3,8H2,(H,12,13)(H,9,11,14);1H2/t4-;/m0./s1. The number of nitrogens with zero attached hydrogens (tertiary/aromatic N) is 1. The van der Waals surface area contributed by atoms with Crippen molar-refractivity contribution in [1.29, 1.82) is 0 Å². The molecule has 0 aliphatic carbocycles. The van der Waals surface area contributed by atoms with Crippen molar-refractivity contribution in [2.45, 2.75) is 12.6 Å². The average Bonchev–Trinajstić information content (AvgIpc) is 2.09. The summed E-state index contributed by atoms with van der Waals surface area (Å²) in [6, 6.07) is -0.0470. The predicted molar refractivity (Wildman–Crippen MR) is 50.5 cm³/mol. The summed E-state index contributed by atoms with van der Waals surface area (Å²) in [6.45, 7) is -0.176. The third kappa shape index (κ3) is 3.37. The lowest BCUT2D eigenvalue weighted by atomic mass is 10.3. The molecule has 8 heteroatoms. The fourth-order valence-corrected chi connectivity index (χ4v) is 0.878. The van der Waals surface area contributed by atoms with E-state index in [9.17, 15) is 14.4 Å². The third-order valence-corrected chi connectivity index (χ3v) is 1.61. The Morgan fingerprint density at radius 1 is 1.60 bits per heavy atom. The minimum atomic E-state index is -1.21. The molecule has 1 aromatic heterocycles. The van der Waals surface area contributed by atoms with Crippen molar-refractivity contribution in [2.75, 3.05) is 0 Å². The van der Waals surface area contributed by atoms with Crippen molar-refractivity contribution in [3.8, 4) is 0 Å². The fraction of sp³-hybridized carbons (Fsp3) is 0.286. The van der Waals surface area contributed by atoms with Crippen molar-refractivity contribution >= 4 is 5.97 Å². The molecule has 1 aromatic rings. The van der Waals surface area contributed by atoms with Gasteiger partial charge in [0.15, 0.2) is 0 Å².